The fourth-order valence-corrected chi connectivity index (χ4v) is 1.39. The summed E-state index contributed by atoms with van der Waals surface area (Å²) in [5, 5.41) is 10.3. The first-order valence-electron chi connectivity index (χ1n) is 4.68. The Morgan fingerprint density at radius 3 is 2.88 bits per heavy atom. The first-order valence-corrected chi connectivity index (χ1v) is 4.68. The molecule has 0 aliphatic heterocycles. The predicted octanol–water partition coefficient (Wildman–Crippen LogP) is 0.695. The fourth-order valence-electron chi connectivity index (χ4n) is 1.39. The Hall–Kier alpha value is -2.43. The number of hydrogen-bond acceptors (Lipinski definition) is 4. The Kier molecular flexibility index (Phi) is 2.74. The third-order valence-electron chi connectivity index (χ3n) is 2.16. The van der Waals surface area contributed by atoms with Crippen LogP contribution in [0.3, 0.4) is 0 Å². The van der Waals surface area contributed by atoms with E-state index in [9.17, 15) is 19.1 Å². The second-order valence-electron chi connectivity index (χ2n) is 3.31. The molecule has 17 heavy (non-hydrogen) atoms. The number of carbonyl (C=O) groups is 1. The highest BCUT2D eigenvalue weighted by molar-refractivity contribution is 5.85. The standard InChI is InChI=1S/C12H7FO4/c13-8-2-3-10-9(5-8)12(16)7(6-17-10)1-4-11(14)15/h1-6H,(H,14,15)/p-1/b4-1+. The van der Waals surface area contributed by atoms with Crippen LogP contribution in [0.5, 0.6) is 0 Å². The Labute approximate surface area is 94.6 Å². The van der Waals surface area contributed by atoms with Crippen molar-refractivity contribution in [3.05, 3.63) is 52.1 Å². The average Bonchev–Trinajstić information content (AvgIpc) is 2.29. The number of carbonyl (C=O) groups excluding carboxylic acids is 1. The number of benzene rings is 1. The number of aliphatic carboxylic acids is 1. The van der Waals surface area contributed by atoms with Gasteiger partial charge in [0.2, 0.25) is 0 Å². The summed E-state index contributed by atoms with van der Waals surface area (Å²) in [6.07, 6.45) is 2.87. The van der Waals surface area contributed by atoms with Gasteiger partial charge in [-0.2, -0.15) is 0 Å². The number of halogens is 1. The van der Waals surface area contributed by atoms with E-state index < -0.39 is 17.2 Å². The molecule has 0 bridgehead atoms. The molecule has 86 valence electrons. The van der Waals surface area contributed by atoms with Gasteiger partial charge in [-0.05, 0) is 30.4 Å². The van der Waals surface area contributed by atoms with Gasteiger partial charge in [0.1, 0.15) is 17.7 Å². The van der Waals surface area contributed by atoms with Crippen LogP contribution in [0.25, 0.3) is 17.0 Å². The van der Waals surface area contributed by atoms with Crippen molar-refractivity contribution in [2.75, 3.05) is 0 Å². The molecule has 5 heteroatoms. The van der Waals surface area contributed by atoms with Gasteiger partial charge in [0.15, 0.2) is 5.43 Å². The van der Waals surface area contributed by atoms with E-state index in [2.05, 4.69) is 0 Å². The van der Waals surface area contributed by atoms with Crippen LogP contribution in [0.4, 0.5) is 4.39 Å². The van der Waals surface area contributed by atoms with Crippen molar-refractivity contribution in [3.8, 4) is 0 Å². The molecule has 0 amide bonds. The monoisotopic (exact) mass is 233 g/mol. The van der Waals surface area contributed by atoms with E-state index in [1.165, 1.54) is 12.1 Å². The molecule has 1 aromatic heterocycles. The summed E-state index contributed by atoms with van der Waals surface area (Å²) in [6.45, 7) is 0. The largest absolute Gasteiger partial charge is 0.545 e. The first kappa shape index (κ1) is 11.1. The molecule has 1 heterocycles. The molecule has 0 fully saturated rings. The highest BCUT2D eigenvalue weighted by Crippen LogP contribution is 2.13. The zero-order valence-corrected chi connectivity index (χ0v) is 8.48. The molecule has 0 saturated carbocycles. The minimum Gasteiger partial charge on any atom is -0.545 e. The van der Waals surface area contributed by atoms with E-state index >= 15 is 0 Å². The summed E-state index contributed by atoms with van der Waals surface area (Å²) in [4.78, 5) is 22.0. The molecule has 2 aromatic rings. The lowest BCUT2D eigenvalue weighted by Crippen LogP contribution is -2.18. The van der Waals surface area contributed by atoms with Gasteiger partial charge in [-0.25, -0.2) is 4.39 Å². The van der Waals surface area contributed by atoms with E-state index in [4.69, 9.17) is 4.42 Å². The summed E-state index contributed by atoms with van der Waals surface area (Å²) in [5.74, 6) is -1.99. The maximum atomic E-state index is 13.0. The molecule has 0 unspecified atom stereocenters. The molecular weight excluding hydrogens is 227 g/mol. The van der Waals surface area contributed by atoms with Crippen molar-refractivity contribution >= 4 is 23.0 Å². The van der Waals surface area contributed by atoms with Crippen LogP contribution in [0.2, 0.25) is 0 Å². The molecule has 0 radical (unpaired) electrons. The summed E-state index contributed by atoms with van der Waals surface area (Å²) >= 11 is 0. The smallest absolute Gasteiger partial charge is 0.199 e. The van der Waals surface area contributed by atoms with Gasteiger partial charge in [-0.3, -0.25) is 4.79 Å². The van der Waals surface area contributed by atoms with Crippen LogP contribution in [0.15, 0.2) is 39.7 Å². The quantitative estimate of drug-likeness (QED) is 0.715. The lowest BCUT2D eigenvalue weighted by atomic mass is 10.1. The Morgan fingerprint density at radius 2 is 2.18 bits per heavy atom. The topological polar surface area (TPSA) is 70.3 Å². The summed E-state index contributed by atoms with van der Waals surface area (Å²) in [5.41, 5.74) is -0.238. The first-order chi connectivity index (χ1) is 8.08. The number of carboxylic acids is 1. The number of rotatable bonds is 2. The highest BCUT2D eigenvalue weighted by Gasteiger charge is 2.05. The van der Waals surface area contributed by atoms with Crippen LogP contribution < -0.4 is 10.5 Å². The minimum absolute atomic E-state index is 0.0206. The maximum absolute atomic E-state index is 13.0. The lowest BCUT2D eigenvalue weighted by Gasteiger charge is -1.98. The van der Waals surface area contributed by atoms with Crippen LogP contribution in [0.1, 0.15) is 5.56 Å². The number of carboxylic acid groups (broad SMARTS) is 1. The highest BCUT2D eigenvalue weighted by atomic mass is 19.1. The molecule has 0 spiro atoms. The van der Waals surface area contributed by atoms with Gasteiger partial charge in [0.05, 0.1) is 16.9 Å². The van der Waals surface area contributed by atoms with Gasteiger partial charge < -0.3 is 14.3 Å². The third kappa shape index (κ3) is 2.23. The lowest BCUT2D eigenvalue weighted by molar-refractivity contribution is -0.297. The maximum Gasteiger partial charge on any atom is 0.199 e. The SMILES string of the molecule is O=C([O-])/C=C/c1coc2ccc(F)cc2c1=O. The van der Waals surface area contributed by atoms with Crippen molar-refractivity contribution in [1.82, 2.24) is 0 Å². The van der Waals surface area contributed by atoms with Gasteiger partial charge in [-0.15, -0.1) is 0 Å². The summed E-state index contributed by atoms with van der Waals surface area (Å²) < 4.78 is 18.0. The van der Waals surface area contributed by atoms with Crippen molar-refractivity contribution in [2.24, 2.45) is 0 Å². The molecule has 0 saturated heterocycles. The van der Waals surface area contributed by atoms with E-state index in [0.29, 0.717) is 6.08 Å². The van der Waals surface area contributed by atoms with Gasteiger partial charge in [-0.1, -0.05) is 0 Å². The molecule has 4 nitrogen and oxygen atoms in total. The van der Waals surface area contributed by atoms with Crippen LogP contribution in [-0.4, -0.2) is 5.97 Å². The Balaban J connectivity index is 2.65. The molecular formula is C12H6FO4-. The molecule has 0 N–H and O–H groups in total. The molecule has 0 atom stereocenters. The Bertz CT molecular complexity index is 670. The number of hydrogen-bond donors (Lipinski definition) is 0. The minimum atomic E-state index is -1.43. The van der Waals surface area contributed by atoms with Crippen molar-refractivity contribution in [2.45, 2.75) is 0 Å². The molecule has 0 aliphatic rings. The summed E-state index contributed by atoms with van der Waals surface area (Å²) in [6, 6.07) is 3.54. The van der Waals surface area contributed by atoms with Crippen molar-refractivity contribution in [1.29, 1.82) is 0 Å². The van der Waals surface area contributed by atoms with E-state index in [1.54, 1.807) is 0 Å². The van der Waals surface area contributed by atoms with E-state index in [1.807, 2.05) is 0 Å². The summed E-state index contributed by atoms with van der Waals surface area (Å²) in [7, 11) is 0. The van der Waals surface area contributed by atoms with Crippen LogP contribution in [0, 0.1) is 5.82 Å². The van der Waals surface area contributed by atoms with Gasteiger partial charge >= 0.3 is 0 Å². The average molecular weight is 233 g/mol. The Morgan fingerprint density at radius 1 is 1.41 bits per heavy atom. The molecule has 0 aliphatic carbocycles. The van der Waals surface area contributed by atoms with Gasteiger partial charge in [0.25, 0.3) is 0 Å². The second kappa shape index (κ2) is 4.21. The predicted molar refractivity (Wildman–Crippen MR) is 56.5 cm³/mol. The van der Waals surface area contributed by atoms with Gasteiger partial charge in [0, 0.05) is 0 Å². The normalized spacial score (nSPS) is 11.1. The third-order valence-corrected chi connectivity index (χ3v) is 2.16. The van der Waals surface area contributed by atoms with E-state index in [-0.39, 0.29) is 16.5 Å². The van der Waals surface area contributed by atoms with Crippen LogP contribution >= 0.6 is 0 Å². The van der Waals surface area contributed by atoms with Crippen LogP contribution in [-0.2, 0) is 4.79 Å². The van der Waals surface area contributed by atoms with E-state index in [0.717, 1.165) is 18.4 Å². The molecule has 1 aromatic carbocycles. The zero-order chi connectivity index (χ0) is 12.4. The van der Waals surface area contributed by atoms with Crippen molar-refractivity contribution < 1.29 is 18.7 Å². The fraction of sp³-hybridized carbons (Fsp3) is 0. The molecule has 2 rings (SSSR count). The second-order valence-corrected chi connectivity index (χ2v) is 3.31. The number of fused-ring (bicyclic) bond motifs is 1. The zero-order valence-electron chi connectivity index (χ0n) is 8.48. The van der Waals surface area contributed by atoms with Crippen molar-refractivity contribution in [3.63, 3.8) is 0 Å².